The Hall–Kier alpha value is -5.42. The fourth-order valence-corrected chi connectivity index (χ4v) is 8.69. The Kier molecular flexibility index (Phi) is 9.51. The van der Waals surface area contributed by atoms with Gasteiger partial charge in [0.25, 0.3) is 10.0 Å². The van der Waals surface area contributed by atoms with E-state index in [1.807, 2.05) is 29.1 Å². The molecule has 0 bridgehead atoms. The maximum Gasteiger partial charge on any atom is 0.256 e. The van der Waals surface area contributed by atoms with Gasteiger partial charge in [0.2, 0.25) is 11.8 Å². The van der Waals surface area contributed by atoms with Gasteiger partial charge < -0.3 is 15.5 Å². The number of pyridine rings is 1. The van der Waals surface area contributed by atoms with Crippen molar-refractivity contribution in [2.75, 3.05) is 35.7 Å². The highest BCUT2D eigenvalue weighted by Crippen LogP contribution is 2.33. The standard InChI is InChI=1S/C37H44N12O4S/c1-23(2)49-31-18-33(42-32-11-14-38-35(43-32)25-19-40-48(22-25)54(52,53)28-7-8-28)39-20-29(31)36(45-49)47-15-12-27(13-16-47)46(3)21-24-5-4-6-26(17-24)41-30-9-10-34(50)44-37(30)51/h4-6,11,14,17-20,22-23,27-28,30,41H,7-10,12-13,15-16,21H2,1-3H3,(H,44,50,51)(H,38,39,42,43). The first-order chi connectivity index (χ1) is 26.0. The lowest BCUT2D eigenvalue weighted by molar-refractivity contribution is -0.133. The Labute approximate surface area is 313 Å². The molecule has 1 saturated carbocycles. The van der Waals surface area contributed by atoms with Crippen LogP contribution in [-0.2, 0) is 26.2 Å². The van der Waals surface area contributed by atoms with Crippen LogP contribution in [0.5, 0.6) is 0 Å². The molecule has 3 N–H and O–H groups in total. The number of nitrogens with one attached hydrogen (secondary N) is 3. The fourth-order valence-electron chi connectivity index (χ4n) is 7.22. The molecule has 2 amide bonds. The van der Waals surface area contributed by atoms with Crippen molar-refractivity contribution < 1.29 is 18.0 Å². The maximum atomic E-state index is 12.6. The predicted octanol–water partition coefficient (Wildman–Crippen LogP) is 4.07. The Morgan fingerprint density at radius 1 is 1.00 bits per heavy atom. The van der Waals surface area contributed by atoms with Gasteiger partial charge in [0.1, 0.15) is 17.7 Å². The van der Waals surface area contributed by atoms with E-state index >= 15 is 0 Å². The first-order valence-corrected chi connectivity index (χ1v) is 19.9. The zero-order valence-electron chi connectivity index (χ0n) is 30.5. The van der Waals surface area contributed by atoms with Crippen LogP contribution in [0.1, 0.15) is 64.0 Å². The van der Waals surface area contributed by atoms with E-state index in [1.165, 1.54) is 12.4 Å². The molecule has 282 valence electrons. The van der Waals surface area contributed by atoms with E-state index in [-0.39, 0.29) is 23.1 Å². The topological polar surface area (TPSA) is 185 Å². The van der Waals surface area contributed by atoms with Crippen molar-refractivity contribution in [2.45, 2.75) is 82.3 Å². The number of carbonyl (C=O) groups excluding carboxylic acids is 2. The summed E-state index contributed by atoms with van der Waals surface area (Å²) in [7, 11) is -1.32. The Balaban J connectivity index is 0.919. The number of hydrogen-bond acceptors (Lipinski definition) is 13. The van der Waals surface area contributed by atoms with Gasteiger partial charge in [-0.1, -0.05) is 12.1 Å². The van der Waals surface area contributed by atoms with Crippen LogP contribution in [0.15, 0.2) is 61.2 Å². The molecule has 5 aromatic rings. The van der Waals surface area contributed by atoms with Gasteiger partial charge >= 0.3 is 0 Å². The average molecular weight is 753 g/mol. The Morgan fingerprint density at radius 3 is 2.57 bits per heavy atom. The summed E-state index contributed by atoms with van der Waals surface area (Å²) in [4.78, 5) is 42.2. The van der Waals surface area contributed by atoms with Crippen molar-refractivity contribution in [3.05, 3.63) is 66.7 Å². The molecule has 0 radical (unpaired) electrons. The number of imide groups is 1. The normalized spacial score (nSPS) is 18.5. The van der Waals surface area contributed by atoms with Crippen molar-refractivity contribution in [1.29, 1.82) is 0 Å². The molecule has 1 aromatic carbocycles. The van der Waals surface area contributed by atoms with E-state index in [1.54, 1.807) is 12.3 Å². The number of aromatic nitrogens is 7. The zero-order valence-corrected chi connectivity index (χ0v) is 31.3. The molecule has 1 unspecified atom stereocenters. The highest BCUT2D eigenvalue weighted by molar-refractivity contribution is 7.90. The third-order valence-electron chi connectivity index (χ3n) is 10.3. The van der Waals surface area contributed by atoms with Crippen LogP contribution in [-0.4, -0.2) is 96.5 Å². The fraction of sp³-hybridized carbons (Fsp3) is 0.432. The summed E-state index contributed by atoms with van der Waals surface area (Å²) < 4.78 is 28.3. The number of benzene rings is 1. The molecule has 8 rings (SSSR count). The van der Waals surface area contributed by atoms with Crippen molar-refractivity contribution in [1.82, 2.24) is 44.1 Å². The average Bonchev–Trinajstić information content (AvgIpc) is 3.78. The number of nitrogens with zero attached hydrogens (tertiary/aromatic N) is 9. The monoisotopic (exact) mass is 752 g/mol. The van der Waals surface area contributed by atoms with Gasteiger partial charge in [-0.2, -0.15) is 14.3 Å². The number of anilines is 4. The van der Waals surface area contributed by atoms with Gasteiger partial charge in [-0.25, -0.2) is 23.4 Å². The van der Waals surface area contributed by atoms with Gasteiger partial charge in [0, 0.05) is 62.3 Å². The summed E-state index contributed by atoms with van der Waals surface area (Å²) in [5.41, 5.74) is 3.50. The second-order valence-corrected chi connectivity index (χ2v) is 16.7. The molecule has 1 atom stereocenters. The van der Waals surface area contributed by atoms with E-state index in [4.69, 9.17) is 10.1 Å². The number of fused-ring (bicyclic) bond motifs is 1. The Bertz CT molecular complexity index is 2310. The molecule has 3 aliphatic rings. The summed E-state index contributed by atoms with van der Waals surface area (Å²) in [5.74, 6) is 1.91. The second kappa shape index (κ2) is 14.4. The van der Waals surface area contributed by atoms with Gasteiger partial charge in [0.15, 0.2) is 11.6 Å². The number of amides is 2. The molecular formula is C37H44N12O4S. The minimum absolute atomic E-state index is 0.120. The number of carbonyl (C=O) groups is 2. The van der Waals surface area contributed by atoms with Crippen molar-refractivity contribution >= 4 is 55.9 Å². The number of piperidine rings is 2. The van der Waals surface area contributed by atoms with E-state index in [2.05, 4.69) is 73.8 Å². The van der Waals surface area contributed by atoms with E-state index < -0.39 is 16.1 Å². The quantitative estimate of drug-likeness (QED) is 0.155. The van der Waals surface area contributed by atoms with Crippen LogP contribution in [0, 0.1) is 0 Å². The summed E-state index contributed by atoms with van der Waals surface area (Å²) in [6, 6.07) is 12.0. The molecule has 6 heterocycles. The van der Waals surface area contributed by atoms with Crippen LogP contribution in [0.4, 0.5) is 23.1 Å². The molecule has 0 spiro atoms. The minimum Gasteiger partial charge on any atom is -0.374 e. The maximum absolute atomic E-state index is 12.6. The van der Waals surface area contributed by atoms with Gasteiger partial charge in [0.05, 0.1) is 34.1 Å². The first kappa shape index (κ1) is 35.6. The second-order valence-electron chi connectivity index (χ2n) is 14.7. The molecule has 4 aromatic heterocycles. The van der Waals surface area contributed by atoms with Gasteiger partial charge in [-0.3, -0.25) is 24.5 Å². The summed E-state index contributed by atoms with van der Waals surface area (Å²) in [6.07, 6.45) is 10.5. The van der Waals surface area contributed by atoms with Gasteiger partial charge in [-0.15, -0.1) is 0 Å². The first-order valence-electron chi connectivity index (χ1n) is 18.4. The predicted molar refractivity (Wildman–Crippen MR) is 205 cm³/mol. The van der Waals surface area contributed by atoms with Crippen molar-refractivity contribution in [3.63, 3.8) is 0 Å². The van der Waals surface area contributed by atoms with Crippen LogP contribution < -0.4 is 20.9 Å². The van der Waals surface area contributed by atoms with Crippen molar-refractivity contribution in [3.8, 4) is 11.4 Å². The van der Waals surface area contributed by atoms with E-state index in [9.17, 15) is 18.0 Å². The Morgan fingerprint density at radius 2 is 1.81 bits per heavy atom. The number of hydrogen-bond donors (Lipinski definition) is 3. The highest BCUT2D eigenvalue weighted by atomic mass is 32.2. The zero-order chi connectivity index (χ0) is 37.6. The third kappa shape index (κ3) is 7.37. The molecule has 54 heavy (non-hydrogen) atoms. The van der Waals surface area contributed by atoms with Gasteiger partial charge in [-0.05, 0) is 76.8 Å². The SMILES string of the molecule is CC(C)n1nc(N2CCC(N(C)Cc3cccc(NC4CCC(=O)NC4=O)c3)CC2)c2cnc(Nc3ccnc(-c4cnn(S(=O)(=O)C5CC5)c4)n3)cc21. The lowest BCUT2D eigenvalue weighted by Gasteiger charge is -2.37. The molecule has 3 fully saturated rings. The molecular weight excluding hydrogens is 709 g/mol. The third-order valence-corrected chi connectivity index (χ3v) is 12.4. The van der Waals surface area contributed by atoms with Crippen LogP contribution >= 0.6 is 0 Å². The van der Waals surface area contributed by atoms with Crippen LogP contribution in [0.3, 0.4) is 0 Å². The smallest absolute Gasteiger partial charge is 0.256 e. The van der Waals surface area contributed by atoms with E-state index in [0.717, 1.165) is 64.5 Å². The molecule has 17 heteroatoms. The largest absolute Gasteiger partial charge is 0.374 e. The van der Waals surface area contributed by atoms with Crippen LogP contribution in [0.2, 0.25) is 0 Å². The molecule has 16 nitrogen and oxygen atoms in total. The lowest BCUT2D eigenvalue weighted by atomic mass is 10.0. The summed E-state index contributed by atoms with van der Waals surface area (Å²) in [5, 5.41) is 18.8. The molecule has 1 aliphatic carbocycles. The number of rotatable bonds is 12. The summed E-state index contributed by atoms with van der Waals surface area (Å²) >= 11 is 0. The van der Waals surface area contributed by atoms with Crippen molar-refractivity contribution in [2.24, 2.45) is 0 Å². The van der Waals surface area contributed by atoms with E-state index in [0.29, 0.717) is 54.7 Å². The summed E-state index contributed by atoms with van der Waals surface area (Å²) in [6.45, 7) is 6.72. The van der Waals surface area contributed by atoms with Crippen LogP contribution in [0.25, 0.3) is 22.3 Å². The minimum atomic E-state index is -3.48. The molecule has 2 saturated heterocycles. The molecule has 2 aliphatic heterocycles. The lowest BCUT2D eigenvalue weighted by Crippen LogP contribution is -2.47. The highest BCUT2D eigenvalue weighted by Gasteiger charge is 2.38.